The maximum Gasteiger partial charge on any atom is 0.294 e. The molecule has 0 fully saturated rings. The number of carbonyl (C=O) groups excluding carboxylic acids is 1. The highest BCUT2D eigenvalue weighted by Gasteiger charge is 2.13. The highest BCUT2D eigenvalue weighted by atomic mass is 32.2. The van der Waals surface area contributed by atoms with Crippen molar-refractivity contribution in [2.45, 2.75) is 25.4 Å². The maximum atomic E-state index is 12.4. The Morgan fingerprint density at radius 2 is 1.86 bits per heavy atom. The van der Waals surface area contributed by atoms with Crippen LogP contribution in [0, 0.1) is 13.8 Å². The van der Waals surface area contributed by atoms with Crippen LogP contribution < -0.4 is 16.7 Å². The van der Waals surface area contributed by atoms with Gasteiger partial charge < -0.3 is 11.2 Å². The zero-order valence-corrected chi connectivity index (χ0v) is 16.5. The van der Waals surface area contributed by atoms with Gasteiger partial charge in [0.15, 0.2) is 0 Å². The lowest BCUT2D eigenvalue weighted by Gasteiger charge is -2.09. The van der Waals surface area contributed by atoms with E-state index in [1.807, 2.05) is 62.4 Å². The Hall–Kier alpha value is -3.13. The van der Waals surface area contributed by atoms with Crippen molar-refractivity contribution in [3.05, 3.63) is 81.3 Å². The number of rotatable bonds is 6. The number of nitrogens with two attached hydrogens (primary N) is 1. The summed E-state index contributed by atoms with van der Waals surface area (Å²) >= 11 is 1.06. The van der Waals surface area contributed by atoms with Crippen LogP contribution in [0.25, 0.3) is 0 Å². The second kappa shape index (κ2) is 8.71. The molecule has 0 aliphatic carbocycles. The number of amides is 1. The Kier molecular flexibility index (Phi) is 6.10. The third-order valence-electron chi connectivity index (χ3n) is 4.27. The summed E-state index contributed by atoms with van der Waals surface area (Å²) in [6, 6.07) is 15.2. The van der Waals surface area contributed by atoms with Crippen molar-refractivity contribution in [1.82, 2.24) is 14.9 Å². The van der Waals surface area contributed by atoms with E-state index in [-0.39, 0.29) is 22.5 Å². The highest BCUT2D eigenvalue weighted by Crippen LogP contribution is 2.16. The van der Waals surface area contributed by atoms with Crippen LogP contribution in [0.15, 0.2) is 58.5 Å². The predicted octanol–water partition coefficient (Wildman–Crippen LogP) is 2.29. The zero-order valence-electron chi connectivity index (χ0n) is 15.7. The molecule has 2 aromatic carbocycles. The second-order valence-corrected chi connectivity index (χ2v) is 7.35. The fourth-order valence-electron chi connectivity index (χ4n) is 2.56. The Bertz CT molecular complexity index is 1050. The van der Waals surface area contributed by atoms with Gasteiger partial charge >= 0.3 is 0 Å². The van der Waals surface area contributed by atoms with Crippen LogP contribution in [0.2, 0.25) is 0 Å². The van der Waals surface area contributed by atoms with E-state index in [0.29, 0.717) is 6.42 Å². The minimum Gasteiger partial charge on any atom is -0.334 e. The van der Waals surface area contributed by atoms with E-state index < -0.39 is 5.56 Å². The molecule has 0 saturated heterocycles. The fraction of sp³-hybridized carbons (Fsp3) is 0.200. The van der Waals surface area contributed by atoms with Gasteiger partial charge in [-0.3, -0.25) is 9.59 Å². The normalized spacial score (nSPS) is 10.6. The molecule has 8 heteroatoms. The van der Waals surface area contributed by atoms with E-state index >= 15 is 0 Å². The molecule has 3 N–H and O–H groups in total. The molecule has 0 aliphatic heterocycles. The van der Waals surface area contributed by atoms with Gasteiger partial charge in [-0.05, 0) is 42.7 Å². The van der Waals surface area contributed by atoms with Gasteiger partial charge in [-0.1, -0.05) is 48.2 Å². The summed E-state index contributed by atoms with van der Waals surface area (Å²) in [6.07, 6.45) is 0.349. The van der Waals surface area contributed by atoms with Gasteiger partial charge in [0, 0.05) is 12.1 Å². The van der Waals surface area contributed by atoms with Crippen LogP contribution in [0.4, 0.5) is 5.69 Å². The number of benzene rings is 2. The molecule has 1 amide bonds. The number of hydrogen-bond donors (Lipinski definition) is 2. The molecule has 0 aliphatic rings. The number of aryl methyl sites for hydroxylation is 2. The Morgan fingerprint density at radius 1 is 1.11 bits per heavy atom. The van der Waals surface area contributed by atoms with E-state index in [0.717, 1.165) is 38.8 Å². The molecule has 3 rings (SSSR count). The lowest BCUT2D eigenvalue weighted by Crippen LogP contribution is -2.34. The summed E-state index contributed by atoms with van der Waals surface area (Å²) in [6.45, 7) is 4.00. The van der Waals surface area contributed by atoms with Crippen molar-refractivity contribution in [3.8, 4) is 0 Å². The van der Waals surface area contributed by atoms with Crippen molar-refractivity contribution in [2.75, 3.05) is 16.9 Å². The molecular weight excluding hydrogens is 374 g/mol. The molecule has 0 radical (unpaired) electrons. The van der Waals surface area contributed by atoms with E-state index in [1.54, 1.807) is 0 Å². The summed E-state index contributed by atoms with van der Waals surface area (Å²) in [5, 5.41) is 11.0. The number of anilines is 1. The van der Waals surface area contributed by atoms with E-state index in [9.17, 15) is 9.59 Å². The quantitative estimate of drug-likeness (QED) is 0.490. The van der Waals surface area contributed by atoms with Crippen molar-refractivity contribution >= 4 is 23.4 Å². The first kappa shape index (κ1) is 19.6. The van der Waals surface area contributed by atoms with E-state index in [1.165, 1.54) is 0 Å². The summed E-state index contributed by atoms with van der Waals surface area (Å²) in [5.74, 6) is 5.72. The van der Waals surface area contributed by atoms with Crippen LogP contribution in [0.5, 0.6) is 0 Å². The molecule has 144 valence electrons. The van der Waals surface area contributed by atoms with Crippen LogP contribution in [-0.4, -0.2) is 26.5 Å². The molecule has 7 nitrogen and oxygen atoms in total. The summed E-state index contributed by atoms with van der Waals surface area (Å²) in [7, 11) is 0. The minimum absolute atomic E-state index is 0.0657. The minimum atomic E-state index is -0.420. The van der Waals surface area contributed by atoms with Crippen LogP contribution in [0.1, 0.15) is 22.4 Å². The molecule has 0 spiro atoms. The Labute approximate surface area is 167 Å². The molecule has 0 bridgehead atoms. The molecule has 3 aromatic rings. The Morgan fingerprint density at radius 3 is 2.57 bits per heavy atom. The third-order valence-corrected chi connectivity index (χ3v) is 5.21. The van der Waals surface area contributed by atoms with Gasteiger partial charge in [0.1, 0.15) is 5.69 Å². The molecule has 1 aromatic heterocycles. The number of nitrogens with one attached hydrogen (secondary N) is 1. The number of nitrogen functional groups attached to an aromatic ring is 1. The molecular formula is C20H21N5O2S. The lowest BCUT2D eigenvalue weighted by molar-refractivity contribution is -0.113. The molecule has 0 unspecified atom stereocenters. The van der Waals surface area contributed by atoms with Crippen LogP contribution in [-0.2, 0) is 11.2 Å². The Balaban J connectivity index is 1.64. The van der Waals surface area contributed by atoms with Gasteiger partial charge in [0.25, 0.3) is 5.56 Å². The van der Waals surface area contributed by atoms with Crippen LogP contribution in [0.3, 0.4) is 0 Å². The fourth-order valence-corrected chi connectivity index (χ4v) is 3.22. The van der Waals surface area contributed by atoms with Crippen molar-refractivity contribution < 1.29 is 4.79 Å². The number of hydrogen-bond acceptors (Lipinski definition) is 6. The number of nitrogens with zero attached hydrogens (tertiary/aromatic N) is 3. The summed E-state index contributed by atoms with van der Waals surface area (Å²) < 4.78 is 0.944. The number of thioether (sulfide) groups is 1. The topological polar surface area (TPSA) is 103 Å². The number of aromatic nitrogens is 3. The van der Waals surface area contributed by atoms with Crippen molar-refractivity contribution in [3.63, 3.8) is 0 Å². The number of carbonyl (C=O) groups is 1. The van der Waals surface area contributed by atoms with Gasteiger partial charge in [0.2, 0.25) is 11.1 Å². The summed E-state index contributed by atoms with van der Waals surface area (Å²) in [5.41, 5.74) is 3.77. The molecule has 1 heterocycles. The SMILES string of the molecule is Cc1ccc(NC(=O)CSc2nnc(Cc3ccccc3)c(=O)n2N)cc1C. The largest absolute Gasteiger partial charge is 0.334 e. The first-order valence-corrected chi connectivity index (χ1v) is 9.70. The average molecular weight is 395 g/mol. The van der Waals surface area contributed by atoms with Crippen LogP contribution >= 0.6 is 11.8 Å². The zero-order chi connectivity index (χ0) is 20.1. The maximum absolute atomic E-state index is 12.4. The first-order chi connectivity index (χ1) is 13.4. The molecule has 0 atom stereocenters. The van der Waals surface area contributed by atoms with Gasteiger partial charge in [-0.15, -0.1) is 10.2 Å². The smallest absolute Gasteiger partial charge is 0.294 e. The van der Waals surface area contributed by atoms with E-state index in [4.69, 9.17) is 5.84 Å². The van der Waals surface area contributed by atoms with Gasteiger partial charge in [-0.2, -0.15) is 4.68 Å². The average Bonchev–Trinajstić information content (AvgIpc) is 2.68. The molecule has 28 heavy (non-hydrogen) atoms. The van der Waals surface area contributed by atoms with Crippen molar-refractivity contribution in [1.29, 1.82) is 0 Å². The van der Waals surface area contributed by atoms with Crippen molar-refractivity contribution in [2.24, 2.45) is 0 Å². The molecule has 0 saturated carbocycles. The van der Waals surface area contributed by atoms with Gasteiger partial charge in [-0.25, -0.2) is 0 Å². The third kappa shape index (κ3) is 4.77. The second-order valence-electron chi connectivity index (χ2n) is 6.40. The summed E-state index contributed by atoms with van der Waals surface area (Å²) in [4.78, 5) is 24.6. The highest BCUT2D eigenvalue weighted by molar-refractivity contribution is 7.99. The monoisotopic (exact) mass is 395 g/mol. The first-order valence-electron chi connectivity index (χ1n) is 8.71. The predicted molar refractivity (Wildman–Crippen MR) is 111 cm³/mol. The van der Waals surface area contributed by atoms with E-state index in [2.05, 4.69) is 15.5 Å². The lowest BCUT2D eigenvalue weighted by atomic mass is 10.1. The van der Waals surface area contributed by atoms with Gasteiger partial charge in [0.05, 0.1) is 5.75 Å². The standard InChI is InChI=1S/C20H21N5O2S/c1-13-8-9-16(10-14(13)2)22-18(26)12-28-20-24-23-17(19(27)25(20)21)11-15-6-4-3-5-7-15/h3-10H,11-12,21H2,1-2H3,(H,22,26).